The number of nitrogens with one attached hydrogen (secondary N) is 1. The van der Waals surface area contributed by atoms with Crippen LogP contribution in [0.4, 0.5) is 13.2 Å². The van der Waals surface area contributed by atoms with Gasteiger partial charge >= 0.3 is 12.1 Å². The van der Waals surface area contributed by atoms with Gasteiger partial charge in [0.05, 0.1) is 13.2 Å². The van der Waals surface area contributed by atoms with E-state index in [1.807, 2.05) is 6.07 Å². The van der Waals surface area contributed by atoms with Gasteiger partial charge in [0.25, 0.3) is 11.5 Å². The van der Waals surface area contributed by atoms with Crippen molar-refractivity contribution in [2.75, 3.05) is 20.8 Å². The highest BCUT2D eigenvalue weighted by atomic mass is 19.4. The number of halogens is 3. The van der Waals surface area contributed by atoms with Gasteiger partial charge in [0.1, 0.15) is 0 Å². The first-order chi connectivity index (χ1) is 17.6. The first-order valence-electron chi connectivity index (χ1n) is 12.0. The lowest BCUT2D eigenvalue weighted by molar-refractivity contribution is -0.266. The van der Waals surface area contributed by atoms with Gasteiger partial charge in [0.15, 0.2) is 5.41 Å². The number of esters is 1. The van der Waals surface area contributed by atoms with E-state index in [0.717, 1.165) is 12.7 Å². The van der Waals surface area contributed by atoms with Gasteiger partial charge in [-0.05, 0) is 31.2 Å². The Hall–Kier alpha value is -3.40. The molecule has 2 heterocycles. The molecule has 7 nitrogen and oxygen atoms in total. The van der Waals surface area contributed by atoms with Gasteiger partial charge in [0.2, 0.25) is 5.91 Å². The maximum Gasteiger partial charge on any atom is 0.430 e. The van der Waals surface area contributed by atoms with E-state index in [1.165, 1.54) is 36.3 Å². The van der Waals surface area contributed by atoms with Crippen LogP contribution in [0, 0.1) is 5.41 Å². The van der Waals surface area contributed by atoms with Gasteiger partial charge in [-0.2, -0.15) is 13.2 Å². The Kier molecular flexibility index (Phi) is 7.32. The summed E-state index contributed by atoms with van der Waals surface area (Å²) < 4.78 is 53.1. The third kappa shape index (κ3) is 4.47. The van der Waals surface area contributed by atoms with E-state index in [1.54, 1.807) is 30.3 Å². The molecule has 0 saturated carbocycles. The number of hydrogen-bond donors (Lipinski definition) is 1. The summed E-state index contributed by atoms with van der Waals surface area (Å²) in [5.41, 5.74) is -4.37. The summed E-state index contributed by atoms with van der Waals surface area (Å²) in [6.07, 6.45) is -4.17. The number of methoxy groups -OCH3 is 2. The molecule has 4 atom stereocenters. The highest BCUT2D eigenvalue weighted by Crippen LogP contribution is 2.45. The van der Waals surface area contributed by atoms with Crippen molar-refractivity contribution < 1.29 is 37.0 Å². The summed E-state index contributed by atoms with van der Waals surface area (Å²) in [4.78, 5) is 41.5. The zero-order valence-electron chi connectivity index (χ0n) is 20.6. The summed E-state index contributed by atoms with van der Waals surface area (Å²) in [6, 6.07) is 14.2. The van der Waals surface area contributed by atoms with Crippen molar-refractivity contribution in [3.63, 3.8) is 0 Å². The molecule has 0 aliphatic carbocycles. The zero-order valence-corrected chi connectivity index (χ0v) is 20.6. The number of amides is 2. The molecule has 4 rings (SSSR count). The predicted molar refractivity (Wildman–Crippen MR) is 127 cm³/mol. The Morgan fingerprint density at radius 3 is 2.24 bits per heavy atom. The highest BCUT2D eigenvalue weighted by molar-refractivity contribution is 6.05. The van der Waals surface area contributed by atoms with Crippen LogP contribution in [-0.2, 0) is 35.9 Å². The third-order valence-corrected chi connectivity index (χ3v) is 7.45. The van der Waals surface area contributed by atoms with E-state index in [9.17, 15) is 27.6 Å². The minimum atomic E-state index is -5.06. The molecule has 0 aromatic heterocycles. The molecule has 2 saturated heterocycles. The number of fused-ring (bicyclic) bond motifs is 1. The maximum atomic E-state index is 14.4. The van der Waals surface area contributed by atoms with Gasteiger partial charge in [-0.25, -0.2) is 0 Å². The molecule has 2 fully saturated rings. The van der Waals surface area contributed by atoms with E-state index in [0.29, 0.717) is 19.4 Å². The Labute approximate surface area is 212 Å². The number of carbonyl (C=O) groups excluding carboxylic acids is 3. The van der Waals surface area contributed by atoms with E-state index >= 15 is 0 Å². The summed E-state index contributed by atoms with van der Waals surface area (Å²) in [7, 11) is 2.05. The monoisotopic (exact) mass is 518 g/mol. The maximum absolute atomic E-state index is 14.4. The number of ether oxygens (including phenoxy) is 2. The first kappa shape index (κ1) is 26.7. The molecule has 0 spiro atoms. The Morgan fingerprint density at radius 2 is 1.68 bits per heavy atom. The molecule has 2 aromatic carbocycles. The van der Waals surface area contributed by atoms with Crippen molar-refractivity contribution in [2.24, 2.45) is 5.41 Å². The van der Waals surface area contributed by atoms with Crippen molar-refractivity contribution >= 4 is 17.8 Å². The lowest BCUT2D eigenvalue weighted by atomic mass is 9.77. The fourth-order valence-corrected chi connectivity index (χ4v) is 5.67. The van der Waals surface area contributed by atoms with Gasteiger partial charge in [-0.15, -0.1) is 0 Å². The number of rotatable bonds is 7. The minimum Gasteiger partial charge on any atom is -0.468 e. The number of nitrogens with zero attached hydrogens (tertiary/aromatic N) is 1. The third-order valence-electron chi connectivity index (χ3n) is 7.45. The first-order valence-corrected chi connectivity index (χ1v) is 12.0. The molecule has 1 N–H and O–H groups in total. The average molecular weight is 519 g/mol. The second kappa shape index (κ2) is 10.2. The fourth-order valence-electron chi connectivity index (χ4n) is 5.67. The Bertz CT molecular complexity index is 1140. The minimum absolute atomic E-state index is 0.00961. The standard InChI is InChI=1S/C27H29F3N2O5/c1-36-24(35)25(16-18-10-5-3-6-11-18)17-21-20(14-9-15-32(21)23(25)34)31-22(33)26(37-2,27(28,29)30)19-12-7-4-8-13-19/h3-8,10-13,20-21H,9,14-17H2,1-2H3,(H,31,33)/t20-,21+,25+,26-/m0/s1. The zero-order chi connectivity index (χ0) is 26.8. The van der Waals surface area contributed by atoms with E-state index in [-0.39, 0.29) is 18.4 Å². The second-order valence-corrected chi connectivity index (χ2v) is 9.48. The average Bonchev–Trinajstić information content (AvgIpc) is 3.18. The van der Waals surface area contributed by atoms with Crippen LogP contribution in [0.1, 0.15) is 30.4 Å². The van der Waals surface area contributed by atoms with Gasteiger partial charge < -0.3 is 19.7 Å². The molecule has 0 unspecified atom stereocenters. The number of piperidine rings is 1. The smallest absolute Gasteiger partial charge is 0.430 e. The highest BCUT2D eigenvalue weighted by Gasteiger charge is 2.64. The van der Waals surface area contributed by atoms with Crippen LogP contribution in [-0.4, -0.2) is 61.7 Å². The van der Waals surface area contributed by atoms with E-state index < -0.39 is 47.1 Å². The van der Waals surface area contributed by atoms with Crippen molar-refractivity contribution in [1.29, 1.82) is 0 Å². The van der Waals surface area contributed by atoms with Gasteiger partial charge in [-0.3, -0.25) is 14.4 Å². The molecule has 0 bridgehead atoms. The van der Waals surface area contributed by atoms with Crippen molar-refractivity contribution in [3.05, 3.63) is 71.8 Å². The molecule has 0 radical (unpaired) electrons. The number of carbonyl (C=O) groups is 3. The van der Waals surface area contributed by atoms with Crippen molar-refractivity contribution in [3.8, 4) is 0 Å². The SMILES string of the molecule is COC(=O)[C@]1(Cc2ccccc2)C[C@@H]2[C@@H](NC(=O)[C@@](OC)(c3ccccc3)C(F)(F)F)CCCN2C1=O. The van der Waals surface area contributed by atoms with Crippen LogP contribution in [0.25, 0.3) is 0 Å². The number of alkyl halides is 3. The molecule has 37 heavy (non-hydrogen) atoms. The predicted octanol–water partition coefficient (Wildman–Crippen LogP) is 3.37. The van der Waals surface area contributed by atoms with E-state index in [2.05, 4.69) is 5.32 Å². The van der Waals surface area contributed by atoms with Crippen LogP contribution in [0.3, 0.4) is 0 Å². The molecular formula is C27H29F3N2O5. The van der Waals surface area contributed by atoms with Crippen molar-refractivity contribution in [2.45, 2.75) is 49.5 Å². The van der Waals surface area contributed by atoms with E-state index in [4.69, 9.17) is 9.47 Å². The van der Waals surface area contributed by atoms with Crippen molar-refractivity contribution in [1.82, 2.24) is 10.2 Å². The number of benzene rings is 2. The largest absolute Gasteiger partial charge is 0.468 e. The molecule has 2 aliphatic rings. The quantitative estimate of drug-likeness (QED) is 0.449. The van der Waals surface area contributed by atoms with Gasteiger partial charge in [0, 0.05) is 25.3 Å². The van der Waals surface area contributed by atoms with Crippen LogP contribution >= 0.6 is 0 Å². The van der Waals surface area contributed by atoms with Crippen LogP contribution in [0.15, 0.2) is 60.7 Å². The number of hydrogen-bond acceptors (Lipinski definition) is 5. The lowest BCUT2D eigenvalue weighted by Gasteiger charge is -2.40. The van der Waals surface area contributed by atoms with Crippen LogP contribution < -0.4 is 5.32 Å². The molecule has 10 heteroatoms. The lowest BCUT2D eigenvalue weighted by Crippen LogP contribution is -2.61. The molecular weight excluding hydrogens is 489 g/mol. The molecule has 198 valence electrons. The summed E-state index contributed by atoms with van der Waals surface area (Å²) >= 11 is 0. The summed E-state index contributed by atoms with van der Waals surface area (Å²) in [5.74, 6) is -2.51. The Balaban J connectivity index is 1.67. The van der Waals surface area contributed by atoms with Gasteiger partial charge in [-0.1, -0.05) is 60.7 Å². The Morgan fingerprint density at radius 1 is 1.05 bits per heavy atom. The van der Waals surface area contributed by atoms with Crippen LogP contribution in [0.2, 0.25) is 0 Å². The molecule has 2 aliphatic heterocycles. The summed E-state index contributed by atoms with van der Waals surface area (Å²) in [6.45, 7) is 0.330. The molecule has 2 amide bonds. The second-order valence-electron chi connectivity index (χ2n) is 9.48. The fraction of sp³-hybridized carbons (Fsp3) is 0.444. The molecule has 2 aromatic rings. The van der Waals surface area contributed by atoms with Crippen LogP contribution in [0.5, 0.6) is 0 Å². The summed E-state index contributed by atoms with van der Waals surface area (Å²) in [5, 5.41) is 2.54. The topological polar surface area (TPSA) is 84.9 Å². The normalized spacial score (nSPS) is 25.2.